The van der Waals surface area contributed by atoms with Crippen molar-refractivity contribution in [2.45, 2.75) is 13.8 Å². The predicted octanol–water partition coefficient (Wildman–Crippen LogP) is 2.72. The average molecular weight is 362 g/mol. The summed E-state index contributed by atoms with van der Waals surface area (Å²) in [6, 6.07) is 12.3. The minimum absolute atomic E-state index is 0.320. The van der Waals surface area contributed by atoms with Crippen LogP contribution in [-0.2, 0) is 14.8 Å². The van der Waals surface area contributed by atoms with Gasteiger partial charge < -0.3 is 10.1 Å². The zero-order valence-electron chi connectivity index (χ0n) is 14.7. The first kappa shape index (κ1) is 18.8. The molecule has 0 heterocycles. The number of para-hydroxylation sites is 1. The number of nitrogens with one attached hydrogen (secondary N) is 1. The van der Waals surface area contributed by atoms with Gasteiger partial charge in [0.05, 0.1) is 19.1 Å². The topological polar surface area (TPSA) is 75.7 Å². The van der Waals surface area contributed by atoms with Gasteiger partial charge in [-0.25, -0.2) is 8.42 Å². The van der Waals surface area contributed by atoms with E-state index in [1.807, 2.05) is 32.0 Å². The smallest absolute Gasteiger partial charge is 0.245 e. The quantitative estimate of drug-likeness (QED) is 0.857. The predicted molar refractivity (Wildman–Crippen MR) is 99.7 cm³/mol. The summed E-state index contributed by atoms with van der Waals surface area (Å²) in [6.45, 7) is 3.46. The van der Waals surface area contributed by atoms with Crippen molar-refractivity contribution in [3.05, 3.63) is 53.6 Å². The Hall–Kier alpha value is -2.54. The highest BCUT2D eigenvalue weighted by Crippen LogP contribution is 2.24. The third kappa shape index (κ3) is 4.73. The van der Waals surface area contributed by atoms with Crippen LogP contribution in [-0.4, -0.2) is 34.2 Å². The van der Waals surface area contributed by atoms with Crippen LogP contribution in [0, 0.1) is 13.8 Å². The highest BCUT2D eigenvalue weighted by Gasteiger charge is 2.22. The lowest BCUT2D eigenvalue weighted by atomic mass is 10.1. The molecule has 0 aliphatic carbocycles. The third-order valence-electron chi connectivity index (χ3n) is 3.77. The van der Waals surface area contributed by atoms with Crippen LogP contribution in [0.3, 0.4) is 0 Å². The second-order valence-electron chi connectivity index (χ2n) is 5.79. The molecule has 0 fully saturated rings. The van der Waals surface area contributed by atoms with Crippen molar-refractivity contribution in [3.8, 4) is 5.75 Å². The minimum Gasteiger partial charge on any atom is -0.497 e. The second kappa shape index (κ2) is 7.57. The number of amides is 1. The van der Waals surface area contributed by atoms with E-state index in [0.29, 0.717) is 17.1 Å². The maximum absolute atomic E-state index is 12.5. The van der Waals surface area contributed by atoms with E-state index in [0.717, 1.165) is 21.7 Å². The number of carbonyl (C=O) groups is 1. The van der Waals surface area contributed by atoms with Crippen molar-refractivity contribution in [2.75, 3.05) is 29.5 Å². The Morgan fingerprint density at radius 2 is 1.72 bits per heavy atom. The molecule has 6 nitrogen and oxygen atoms in total. The highest BCUT2D eigenvalue weighted by atomic mass is 32.2. The Labute approximate surface area is 148 Å². The lowest BCUT2D eigenvalue weighted by Gasteiger charge is -2.22. The van der Waals surface area contributed by atoms with Crippen LogP contribution in [0.4, 0.5) is 11.4 Å². The number of hydrogen-bond acceptors (Lipinski definition) is 4. The maximum Gasteiger partial charge on any atom is 0.245 e. The van der Waals surface area contributed by atoms with E-state index in [-0.39, 0.29) is 6.54 Å². The second-order valence-corrected chi connectivity index (χ2v) is 7.69. The molecule has 25 heavy (non-hydrogen) atoms. The molecular weight excluding hydrogens is 340 g/mol. The minimum atomic E-state index is -3.63. The van der Waals surface area contributed by atoms with Crippen LogP contribution in [0.15, 0.2) is 42.5 Å². The fourth-order valence-electron chi connectivity index (χ4n) is 2.49. The zero-order chi connectivity index (χ0) is 18.6. The molecule has 2 rings (SSSR count). The van der Waals surface area contributed by atoms with E-state index in [1.165, 1.54) is 7.11 Å². The number of hydrogen-bond donors (Lipinski definition) is 1. The van der Waals surface area contributed by atoms with Gasteiger partial charge in [-0.05, 0) is 37.1 Å². The van der Waals surface area contributed by atoms with Crippen LogP contribution in [0.2, 0.25) is 0 Å². The Kier molecular flexibility index (Phi) is 5.69. The van der Waals surface area contributed by atoms with E-state index in [1.54, 1.807) is 24.3 Å². The molecule has 0 atom stereocenters. The van der Waals surface area contributed by atoms with Crippen LogP contribution in [0.5, 0.6) is 5.75 Å². The number of anilines is 2. The summed E-state index contributed by atoms with van der Waals surface area (Å²) in [4.78, 5) is 12.5. The van der Waals surface area contributed by atoms with Crippen molar-refractivity contribution in [1.29, 1.82) is 0 Å². The van der Waals surface area contributed by atoms with Crippen LogP contribution in [0.1, 0.15) is 11.1 Å². The lowest BCUT2D eigenvalue weighted by molar-refractivity contribution is -0.114. The number of nitrogens with zero attached hydrogens (tertiary/aromatic N) is 1. The molecule has 0 saturated heterocycles. The summed E-state index contributed by atoms with van der Waals surface area (Å²) in [5, 5.41) is 2.80. The molecule has 0 unspecified atom stereocenters. The normalized spacial score (nSPS) is 11.0. The number of carbonyl (C=O) groups excluding carboxylic acids is 1. The average Bonchev–Trinajstić information content (AvgIpc) is 2.55. The molecule has 0 bridgehead atoms. The highest BCUT2D eigenvalue weighted by molar-refractivity contribution is 7.92. The molecular formula is C18H22N2O4S. The number of methoxy groups -OCH3 is 1. The molecule has 2 aromatic rings. The van der Waals surface area contributed by atoms with Crippen LogP contribution < -0.4 is 14.4 Å². The van der Waals surface area contributed by atoms with Crippen LogP contribution >= 0.6 is 0 Å². The van der Waals surface area contributed by atoms with Crippen molar-refractivity contribution < 1.29 is 17.9 Å². The van der Waals surface area contributed by atoms with E-state index < -0.39 is 15.9 Å². The summed E-state index contributed by atoms with van der Waals surface area (Å²) in [6.07, 6.45) is 1.07. The summed E-state index contributed by atoms with van der Waals surface area (Å²) >= 11 is 0. The fourth-order valence-corrected chi connectivity index (χ4v) is 3.33. The van der Waals surface area contributed by atoms with E-state index in [9.17, 15) is 13.2 Å². The summed E-state index contributed by atoms with van der Waals surface area (Å²) in [5.41, 5.74) is 2.91. The maximum atomic E-state index is 12.5. The van der Waals surface area contributed by atoms with Gasteiger partial charge in [0.15, 0.2) is 0 Å². The molecule has 0 saturated carbocycles. The van der Waals surface area contributed by atoms with Crippen LogP contribution in [0.25, 0.3) is 0 Å². The molecule has 0 radical (unpaired) electrons. The Morgan fingerprint density at radius 1 is 1.12 bits per heavy atom. The summed E-state index contributed by atoms with van der Waals surface area (Å²) in [5.74, 6) is 0.104. The van der Waals surface area contributed by atoms with Gasteiger partial charge in [0, 0.05) is 11.8 Å². The number of rotatable bonds is 6. The molecule has 0 aromatic heterocycles. The molecule has 0 aliphatic heterocycles. The summed E-state index contributed by atoms with van der Waals surface area (Å²) in [7, 11) is -2.14. The van der Waals surface area contributed by atoms with Gasteiger partial charge in [-0.2, -0.15) is 0 Å². The lowest BCUT2D eigenvalue weighted by Crippen LogP contribution is -2.37. The van der Waals surface area contributed by atoms with E-state index in [4.69, 9.17) is 4.74 Å². The van der Waals surface area contributed by atoms with Gasteiger partial charge in [0.25, 0.3) is 0 Å². The summed E-state index contributed by atoms with van der Waals surface area (Å²) < 4.78 is 30.5. The molecule has 2 aromatic carbocycles. The molecule has 0 aliphatic rings. The molecule has 1 N–H and O–H groups in total. The third-order valence-corrected chi connectivity index (χ3v) is 4.91. The van der Waals surface area contributed by atoms with Crippen molar-refractivity contribution in [3.63, 3.8) is 0 Å². The zero-order valence-corrected chi connectivity index (χ0v) is 15.6. The van der Waals surface area contributed by atoms with E-state index in [2.05, 4.69) is 5.32 Å². The number of sulfonamides is 1. The van der Waals surface area contributed by atoms with Gasteiger partial charge in [0.1, 0.15) is 12.3 Å². The fraction of sp³-hybridized carbons (Fsp3) is 0.278. The van der Waals surface area contributed by atoms with Gasteiger partial charge in [0.2, 0.25) is 15.9 Å². The SMILES string of the molecule is COc1cccc(N(CC(=O)Nc2c(C)cccc2C)S(C)(=O)=O)c1. The number of ether oxygens (including phenoxy) is 1. The number of aryl methyl sites for hydroxylation is 2. The van der Waals surface area contributed by atoms with Crippen molar-refractivity contribution in [2.24, 2.45) is 0 Å². The van der Waals surface area contributed by atoms with Gasteiger partial charge >= 0.3 is 0 Å². The van der Waals surface area contributed by atoms with Gasteiger partial charge in [-0.15, -0.1) is 0 Å². The molecule has 0 spiro atoms. The monoisotopic (exact) mass is 362 g/mol. The standard InChI is InChI=1S/C18H22N2O4S/c1-13-7-5-8-14(2)18(13)19-17(21)12-20(25(4,22)23)15-9-6-10-16(11-15)24-3/h5-11H,12H2,1-4H3,(H,19,21). The van der Waals surface area contributed by atoms with E-state index >= 15 is 0 Å². The van der Waals surface area contributed by atoms with Gasteiger partial charge in [-0.3, -0.25) is 9.10 Å². The Morgan fingerprint density at radius 3 is 2.28 bits per heavy atom. The van der Waals surface area contributed by atoms with Crippen molar-refractivity contribution >= 4 is 27.3 Å². The Balaban J connectivity index is 2.27. The van der Waals surface area contributed by atoms with Crippen molar-refractivity contribution in [1.82, 2.24) is 0 Å². The molecule has 7 heteroatoms. The largest absolute Gasteiger partial charge is 0.497 e. The Bertz CT molecular complexity index is 858. The molecule has 134 valence electrons. The first-order valence-electron chi connectivity index (χ1n) is 7.70. The first-order chi connectivity index (χ1) is 11.7. The first-order valence-corrected chi connectivity index (χ1v) is 9.55. The number of benzene rings is 2. The van der Waals surface area contributed by atoms with Gasteiger partial charge in [-0.1, -0.05) is 24.3 Å². The molecule has 1 amide bonds.